The molecule has 0 atom stereocenters. The van der Waals surface area contributed by atoms with E-state index in [1.54, 1.807) is 0 Å². The second-order valence-corrected chi connectivity index (χ2v) is 4.33. The lowest BCUT2D eigenvalue weighted by atomic mass is 10.3. The van der Waals surface area contributed by atoms with Gasteiger partial charge in [0.05, 0.1) is 13.2 Å². The van der Waals surface area contributed by atoms with Crippen molar-refractivity contribution in [1.82, 2.24) is 4.90 Å². The van der Waals surface area contributed by atoms with Crippen LogP contribution in [0.25, 0.3) is 0 Å². The number of guanidine groups is 1. The Balaban J connectivity index is 1.83. The summed E-state index contributed by atoms with van der Waals surface area (Å²) in [5.74, 6) is -0.312. The minimum absolute atomic E-state index is 0.0689. The van der Waals surface area contributed by atoms with Gasteiger partial charge in [-0.05, 0) is 24.3 Å². The predicted octanol–water partition coefficient (Wildman–Crippen LogP) is 0.411. The molecular weight excluding hydrogens is 263 g/mol. The van der Waals surface area contributed by atoms with E-state index < -0.39 is 0 Å². The molecule has 1 aromatic carbocycles. The van der Waals surface area contributed by atoms with Gasteiger partial charge in [0.15, 0.2) is 5.96 Å². The van der Waals surface area contributed by atoms with E-state index >= 15 is 0 Å². The van der Waals surface area contributed by atoms with Crippen LogP contribution in [0.5, 0.6) is 0 Å². The second kappa shape index (κ2) is 6.85. The number of benzene rings is 1. The van der Waals surface area contributed by atoms with Crippen LogP contribution in [-0.2, 0) is 9.53 Å². The van der Waals surface area contributed by atoms with Gasteiger partial charge in [-0.25, -0.2) is 9.38 Å². The fourth-order valence-corrected chi connectivity index (χ4v) is 1.78. The summed E-state index contributed by atoms with van der Waals surface area (Å²) in [6.45, 7) is 2.50. The van der Waals surface area contributed by atoms with Gasteiger partial charge in [0, 0.05) is 18.8 Å². The number of rotatable bonds is 3. The van der Waals surface area contributed by atoms with E-state index in [2.05, 4.69) is 10.3 Å². The smallest absolute Gasteiger partial charge is 0.246 e. The molecular formula is C13H17FN4O2. The van der Waals surface area contributed by atoms with Crippen molar-refractivity contribution in [1.29, 1.82) is 0 Å². The van der Waals surface area contributed by atoms with Gasteiger partial charge in [0.2, 0.25) is 5.91 Å². The number of ether oxygens (including phenoxy) is 1. The monoisotopic (exact) mass is 280 g/mol. The molecule has 1 aromatic rings. The Morgan fingerprint density at radius 1 is 1.35 bits per heavy atom. The number of amides is 1. The lowest BCUT2D eigenvalue weighted by Crippen LogP contribution is -2.45. The summed E-state index contributed by atoms with van der Waals surface area (Å²) in [6.07, 6.45) is 0. The Bertz CT molecular complexity index is 484. The number of carbonyl (C=O) groups excluding carboxylic acids is 1. The van der Waals surface area contributed by atoms with Gasteiger partial charge in [-0.2, -0.15) is 0 Å². The van der Waals surface area contributed by atoms with E-state index in [1.807, 2.05) is 4.90 Å². The molecule has 1 heterocycles. The Kier molecular flexibility index (Phi) is 4.89. The van der Waals surface area contributed by atoms with Crippen molar-refractivity contribution < 1.29 is 13.9 Å². The molecule has 0 radical (unpaired) electrons. The van der Waals surface area contributed by atoms with E-state index in [0.717, 1.165) is 0 Å². The van der Waals surface area contributed by atoms with Crippen LogP contribution in [0.15, 0.2) is 29.3 Å². The minimum Gasteiger partial charge on any atom is -0.378 e. The maximum atomic E-state index is 12.7. The third-order valence-electron chi connectivity index (χ3n) is 2.85. The molecule has 0 aromatic heterocycles. The highest BCUT2D eigenvalue weighted by Gasteiger charge is 2.12. The zero-order valence-corrected chi connectivity index (χ0v) is 11.0. The second-order valence-electron chi connectivity index (χ2n) is 4.33. The van der Waals surface area contributed by atoms with E-state index in [9.17, 15) is 9.18 Å². The fourth-order valence-electron chi connectivity index (χ4n) is 1.78. The number of nitrogens with zero attached hydrogens (tertiary/aromatic N) is 2. The SMILES string of the molecule is NC(=NCC(=O)Nc1ccc(F)cc1)N1CCOCC1. The number of carbonyl (C=O) groups is 1. The molecule has 3 N–H and O–H groups in total. The normalized spacial score (nSPS) is 16.1. The first-order valence-corrected chi connectivity index (χ1v) is 6.33. The molecule has 0 spiro atoms. The first-order valence-electron chi connectivity index (χ1n) is 6.33. The average molecular weight is 280 g/mol. The van der Waals surface area contributed by atoms with Crippen LogP contribution in [0, 0.1) is 5.82 Å². The molecule has 0 unspecified atom stereocenters. The summed E-state index contributed by atoms with van der Waals surface area (Å²) < 4.78 is 17.9. The molecule has 20 heavy (non-hydrogen) atoms. The molecule has 1 fully saturated rings. The molecule has 108 valence electrons. The highest BCUT2D eigenvalue weighted by atomic mass is 19.1. The Morgan fingerprint density at radius 2 is 2.00 bits per heavy atom. The lowest BCUT2D eigenvalue weighted by molar-refractivity contribution is -0.114. The summed E-state index contributed by atoms with van der Waals surface area (Å²) >= 11 is 0. The predicted molar refractivity (Wildman–Crippen MR) is 73.9 cm³/mol. The molecule has 6 nitrogen and oxygen atoms in total. The highest BCUT2D eigenvalue weighted by Crippen LogP contribution is 2.07. The van der Waals surface area contributed by atoms with E-state index in [-0.39, 0.29) is 18.3 Å². The molecule has 1 saturated heterocycles. The zero-order valence-electron chi connectivity index (χ0n) is 11.0. The number of aliphatic imine (C=N–C) groups is 1. The van der Waals surface area contributed by atoms with Crippen molar-refractivity contribution >= 4 is 17.6 Å². The number of nitrogens with one attached hydrogen (secondary N) is 1. The van der Waals surface area contributed by atoms with Crippen molar-refractivity contribution in [3.63, 3.8) is 0 Å². The molecule has 1 aliphatic heterocycles. The van der Waals surface area contributed by atoms with Gasteiger partial charge in [-0.3, -0.25) is 4.79 Å². The summed E-state index contributed by atoms with van der Waals surface area (Å²) in [4.78, 5) is 17.6. The van der Waals surface area contributed by atoms with Gasteiger partial charge in [0.25, 0.3) is 0 Å². The first-order chi connectivity index (χ1) is 9.65. The quantitative estimate of drug-likeness (QED) is 0.621. The van der Waals surface area contributed by atoms with Gasteiger partial charge in [0.1, 0.15) is 12.4 Å². The average Bonchev–Trinajstić information content (AvgIpc) is 2.48. The lowest BCUT2D eigenvalue weighted by Gasteiger charge is -2.27. The van der Waals surface area contributed by atoms with Crippen molar-refractivity contribution in [3.8, 4) is 0 Å². The number of hydrogen-bond donors (Lipinski definition) is 2. The summed E-state index contributed by atoms with van der Waals surface area (Å²) in [5, 5.41) is 2.62. The summed E-state index contributed by atoms with van der Waals surface area (Å²) in [5.41, 5.74) is 6.33. The molecule has 0 aliphatic carbocycles. The number of anilines is 1. The highest BCUT2D eigenvalue weighted by molar-refractivity contribution is 5.93. The number of hydrogen-bond acceptors (Lipinski definition) is 3. The Labute approximate surface area is 116 Å². The van der Waals surface area contributed by atoms with Crippen LogP contribution in [0.3, 0.4) is 0 Å². The topological polar surface area (TPSA) is 79.9 Å². The summed E-state index contributed by atoms with van der Waals surface area (Å²) in [7, 11) is 0. The summed E-state index contributed by atoms with van der Waals surface area (Å²) in [6, 6.07) is 5.53. The van der Waals surface area contributed by atoms with Crippen LogP contribution in [0.2, 0.25) is 0 Å². The van der Waals surface area contributed by atoms with Crippen LogP contribution in [0.4, 0.5) is 10.1 Å². The Morgan fingerprint density at radius 3 is 2.65 bits per heavy atom. The molecule has 0 bridgehead atoms. The van der Waals surface area contributed by atoms with E-state index in [1.165, 1.54) is 24.3 Å². The van der Waals surface area contributed by atoms with Crippen LogP contribution in [0.1, 0.15) is 0 Å². The van der Waals surface area contributed by atoms with Gasteiger partial charge in [-0.15, -0.1) is 0 Å². The van der Waals surface area contributed by atoms with Crippen LogP contribution >= 0.6 is 0 Å². The molecule has 0 saturated carbocycles. The maximum absolute atomic E-state index is 12.7. The van der Waals surface area contributed by atoms with Gasteiger partial charge < -0.3 is 20.7 Å². The molecule has 7 heteroatoms. The third kappa shape index (κ3) is 4.20. The first kappa shape index (κ1) is 14.3. The third-order valence-corrected chi connectivity index (χ3v) is 2.85. The van der Waals surface area contributed by atoms with Crippen molar-refractivity contribution in [2.45, 2.75) is 0 Å². The molecule has 1 aliphatic rings. The zero-order chi connectivity index (χ0) is 14.4. The minimum atomic E-state index is -0.349. The molecule has 1 amide bonds. The van der Waals surface area contributed by atoms with E-state index in [0.29, 0.717) is 38.0 Å². The Hall–Kier alpha value is -2.15. The van der Waals surface area contributed by atoms with Crippen LogP contribution in [-0.4, -0.2) is 49.6 Å². The number of nitrogens with two attached hydrogens (primary N) is 1. The van der Waals surface area contributed by atoms with Crippen LogP contribution < -0.4 is 11.1 Å². The van der Waals surface area contributed by atoms with Crippen molar-refractivity contribution in [2.24, 2.45) is 10.7 Å². The standard InChI is InChI=1S/C13H17FN4O2/c14-10-1-3-11(4-2-10)17-12(19)9-16-13(15)18-5-7-20-8-6-18/h1-4H,5-9H2,(H2,15,16)(H,17,19). The van der Waals surface area contributed by atoms with Gasteiger partial charge in [-0.1, -0.05) is 0 Å². The molecule has 2 rings (SSSR count). The van der Waals surface area contributed by atoms with Gasteiger partial charge >= 0.3 is 0 Å². The number of morpholine rings is 1. The maximum Gasteiger partial charge on any atom is 0.246 e. The fraction of sp³-hybridized carbons (Fsp3) is 0.385. The largest absolute Gasteiger partial charge is 0.378 e. The van der Waals surface area contributed by atoms with Crippen molar-refractivity contribution in [3.05, 3.63) is 30.1 Å². The number of halogens is 1. The van der Waals surface area contributed by atoms with E-state index in [4.69, 9.17) is 10.5 Å². The van der Waals surface area contributed by atoms with Crippen molar-refractivity contribution in [2.75, 3.05) is 38.2 Å².